The highest BCUT2D eigenvalue weighted by molar-refractivity contribution is 5.95. The van der Waals surface area contributed by atoms with E-state index in [4.69, 9.17) is 0 Å². The third kappa shape index (κ3) is 4.63. The molecule has 0 saturated carbocycles. The number of fused-ring (bicyclic) bond motifs is 1. The Morgan fingerprint density at radius 1 is 1.32 bits per heavy atom. The molecule has 3 amide bonds. The second kappa shape index (κ2) is 7.67. The lowest BCUT2D eigenvalue weighted by Crippen LogP contribution is -2.48. The van der Waals surface area contributed by atoms with Crippen LogP contribution in [0.15, 0.2) is 0 Å². The molecule has 19 heavy (non-hydrogen) atoms. The molecule has 2 unspecified atom stereocenters. The fourth-order valence-corrected chi connectivity index (χ4v) is 2.83. The van der Waals surface area contributed by atoms with Crippen molar-refractivity contribution >= 4 is 24.3 Å². The summed E-state index contributed by atoms with van der Waals surface area (Å²) < 4.78 is 0. The molecule has 2 fully saturated rings. The maximum atomic E-state index is 11.7. The molecule has 0 bridgehead atoms. The molecule has 2 saturated heterocycles. The summed E-state index contributed by atoms with van der Waals surface area (Å²) in [7, 11) is 0. The first kappa shape index (κ1) is 16.2. The van der Waals surface area contributed by atoms with Gasteiger partial charge in [0.05, 0.1) is 6.54 Å². The maximum Gasteiger partial charge on any atom is 0.321 e. The van der Waals surface area contributed by atoms with Gasteiger partial charge in [0.25, 0.3) is 0 Å². The molecule has 0 aromatic rings. The van der Waals surface area contributed by atoms with Gasteiger partial charge in [0.15, 0.2) is 0 Å². The van der Waals surface area contributed by atoms with E-state index in [0.717, 1.165) is 38.5 Å². The zero-order valence-corrected chi connectivity index (χ0v) is 12.1. The van der Waals surface area contributed by atoms with Gasteiger partial charge in [-0.15, -0.1) is 12.4 Å². The fraction of sp³-hybridized carbons (Fsp3) is 0.833. The lowest BCUT2D eigenvalue weighted by molar-refractivity contribution is -0.121. The summed E-state index contributed by atoms with van der Waals surface area (Å²) in [5, 5.41) is 8.29. The Balaban J connectivity index is 0.00000180. The van der Waals surface area contributed by atoms with Crippen LogP contribution >= 0.6 is 12.4 Å². The molecule has 2 atom stereocenters. The van der Waals surface area contributed by atoms with Crippen LogP contribution in [0.3, 0.4) is 0 Å². The van der Waals surface area contributed by atoms with Gasteiger partial charge in [0.1, 0.15) is 0 Å². The minimum Gasteiger partial charge on any atom is -0.338 e. The first-order valence-corrected chi connectivity index (χ1v) is 6.69. The first-order valence-electron chi connectivity index (χ1n) is 6.69. The summed E-state index contributed by atoms with van der Waals surface area (Å²) in [6.07, 6.45) is 1.14. The highest BCUT2D eigenvalue weighted by Crippen LogP contribution is 2.25. The Morgan fingerprint density at radius 3 is 2.79 bits per heavy atom. The van der Waals surface area contributed by atoms with E-state index in [9.17, 15) is 9.59 Å². The van der Waals surface area contributed by atoms with Crippen molar-refractivity contribution in [1.82, 2.24) is 20.9 Å². The zero-order chi connectivity index (χ0) is 13.0. The molecule has 2 aliphatic heterocycles. The molecule has 2 aliphatic rings. The molecule has 110 valence electrons. The quantitative estimate of drug-likeness (QED) is 0.673. The molecule has 0 aromatic carbocycles. The number of imide groups is 1. The number of nitrogens with one attached hydrogen (secondary N) is 3. The fourth-order valence-electron chi connectivity index (χ4n) is 2.83. The van der Waals surface area contributed by atoms with Gasteiger partial charge in [-0.25, -0.2) is 4.79 Å². The summed E-state index contributed by atoms with van der Waals surface area (Å²) in [6.45, 7) is 6.75. The highest BCUT2D eigenvalue weighted by Gasteiger charge is 2.33. The number of piperidine rings is 1. The molecular formula is C12H23ClN4O2. The minimum absolute atomic E-state index is 0. The van der Waals surface area contributed by atoms with Crippen LogP contribution in [0.2, 0.25) is 0 Å². The summed E-state index contributed by atoms with van der Waals surface area (Å²) in [6, 6.07) is -0.403. The number of carbonyl (C=O) groups is 2. The second-order valence-corrected chi connectivity index (χ2v) is 5.11. The van der Waals surface area contributed by atoms with Gasteiger partial charge in [-0.2, -0.15) is 0 Å². The summed E-state index contributed by atoms with van der Waals surface area (Å²) in [5.74, 6) is 1.22. The third-order valence-corrected chi connectivity index (χ3v) is 3.75. The van der Waals surface area contributed by atoms with Crippen molar-refractivity contribution in [2.45, 2.75) is 13.3 Å². The van der Waals surface area contributed by atoms with E-state index in [1.54, 1.807) is 0 Å². The van der Waals surface area contributed by atoms with Crippen LogP contribution in [-0.2, 0) is 4.79 Å². The predicted molar refractivity (Wildman–Crippen MR) is 75.4 cm³/mol. The Kier molecular flexibility index (Phi) is 6.54. The molecular weight excluding hydrogens is 268 g/mol. The topological polar surface area (TPSA) is 73.5 Å². The van der Waals surface area contributed by atoms with Gasteiger partial charge < -0.3 is 10.6 Å². The van der Waals surface area contributed by atoms with Gasteiger partial charge in [0, 0.05) is 13.1 Å². The third-order valence-electron chi connectivity index (χ3n) is 3.75. The molecule has 7 heteroatoms. The van der Waals surface area contributed by atoms with Crippen LogP contribution in [0.4, 0.5) is 4.79 Å². The van der Waals surface area contributed by atoms with Gasteiger partial charge in [-0.05, 0) is 44.8 Å². The van der Waals surface area contributed by atoms with Gasteiger partial charge in [0.2, 0.25) is 5.91 Å². The SMILES string of the molecule is CCNC(=O)NC(=O)CN1CCC2CNCC2C1.Cl. The Labute approximate surface area is 120 Å². The van der Waals surface area contributed by atoms with E-state index in [0.29, 0.717) is 19.0 Å². The minimum atomic E-state index is -0.403. The molecule has 2 heterocycles. The van der Waals surface area contributed by atoms with Crippen LogP contribution in [0.5, 0.6) is 0 Å². The molecule has 0 spiro atoms. The van der Waals surface area contributed by atoms with Crippen molar-refractivity contribution < 1.29 is 9.59 Å². The van der Waals surface area contributed by atoms with Gasteiger partial charge in [-0.1, -0.05) is 0 Å². The van der Waals surface area contributed by atoms with Crippen LogP contribution in [0, 0.1) is 11.8 Å². The molecule has 0 radical (unpaired) electrons. The van der Waals surface area contributed by atoms with Crippen LogP contribution in [-0.4, -0.2) is 56.1 Å². The predicted octanol–water partition coefficient (Wildman–Crippen LogP) is -0.205. The standard InChI is InChI=1S/C12H22N4O2.ClH/c1-2-14-12(18)15-11(17)8-16-4-3-9-5-13-6-10(9)7-16;/h9-10,13H,2-8H2,1H3,(H2,14,15,17,18);1H. The number of urea groups is 1. The van der Waals surface area contributed by atoms with Crippen LogP contribution in [0.25, 0.3) is 0 Å². The Bertz CT molecular complexity index is 327. The number of rotatable bonds is 3. The molecule has 3 N–H and O–H groups in total. The monoisotopic (exact) mass is 290 g/mol. The maximum absolute atomic E-state index is 11.7. The normalized spacial score (nSPS) is 26.2. The lowest BCUT2D eigenvalue weighted by atomic mass is 9.89. The summed E-state index contributed by atoms with van der Waals surface area (Å²) in [4.78, 5) is 25.0. The van der Waals surface area contributed by atoms with E-state index in [1.807, 2.05) is 6.92 Å². The number of hydrogen-bond acceptors (Lipinski definition) is 4. The Hall–Kier alpha value is -0.850. The molecule has 0 aliphatic carbocycles. The Morgan fingerprint density at radius 2 is 2.05 bits per heavy atom. The number of amides is 3. The number of carbonyl (C=O) groups excluding carboxylic acids is 2. The number of likely N-dealkylation sites (tertiary alicyclic amines) is 1. The van der Waals surface area contributed by atoms with E-state index in [1.165, 1.54) is 0 Å². The largest absolute Gasteiger partial charge is 0.338 e. The second-order valence-electron chi connectivity index (χ2n) is 5.11. The molecule has 0 aromatic heterocycles. The lowest BCUT2D eigenvalue weighted by Gasteiger charge is -2.33. The number of nitrogens with zero attached hydrogens (tertiary/aromatic N) is 1. The average molecular weight is 291 g/mol. The van der Waals surface area contributed by atoms with Crippen molar-refractivity contribution in [3.63, 3.8) is 0 Å². The smallest absolute Gasteiger partial charge is 0.321 e. The van der Waals surface area contributed by atoms with E-state index in [2.05, 4.69) is 20.9 Å². The van der Waals surface area contributed by atoms with Crippen LogP contribution in [0.1, 0.15) is 13.3 Å². The van der Waals surface area contributed by atoms with Crippen molar-refractivity contribution in [3.8, 4) is 0 Å². The van der Waals surface area contributed by atoms with Crippen molar-refractivity contribution in [1.29, 1.82) is 0 Å². The highest BCUT2D eigenvalue weighted by atomic mass is 35.5. The molecule has 6 nitrogen and oxygen atoms in total. The van der Waals surface area contributed by atoms with Gasteiger partial charge >= 0.3 is 6.03 Å². The summed E-state index contributed by atoms with van der Waals surface area (Å²) >= 11 is 0. The first-order chi connectivity index (χ1) is 8.69. The van der Waals surface area contributed by atoms with Crippen molar-refractivity contribution in [3.05, 3.63) is 0 Å². The number of hydrogen-bond donors (Lipinski definition) is 3. The van der Waals surface area contributed by atoms with E-state index >= 15 is 0 Å². The van der Waals surface area contributed by atoms with Crippen LogP contribution < -0.4 is 16.0 Å². The van der Waals surface area contributed by atoms with Gasteiger partial charge in [-0.3, -0.25) is 15.0 Å². The average Bonchev–Trinajstić information content (AvgIpc) is 2.76. The number of halogens is 1. The van der Waals surface area contributed by atoms with Crippen molar-refractivity contribution in [2.24, 2.45) is 11.8 Å². The summed E-state index contributed by atoms with van der Waals surface area (Å²) in [5.41, 5.74) is 0. The van der Waals surface area contributed by atoms with E-state index in [-0.39, 0.29) is 18.3 Å². The van der Waals surface area contributed by atoms with Crippen molar-refractivity contribution in [2.75, 3.05) is 39.3 Å². The molecule has 2 rings (SSSR count). The van der Waals surface area contributed by atoms with E-state index < -0.39 is 6.03 Å². The zero-order valence-electron chi connectivity index (χ0n) is 11.3.